The number of carbonyl (C=O) groups excluding carboxylic acids is 1. The van der Waals surface area contributed by atoms with Crippen molar-refractivity contribution in [1.29, 1.82) is 0 Å². The molecule has 0 aromatic carbocycles. The van der Waals surface area contributed by atoms with Crippen molar-refractivity contribution in [3.8, 4) is 0 Å². The summed E-state index contributed by atoms with van der Waals surface area (Å²) in [6.07, 6.45) is 5.14. The zero-order valence-electron chi connectivity index (χ0n) is 9.94. The summed E-state index contributed by atoms with van der Waals surface area (Å²) in [7, 11) is 1.95. The lowest BCUT2D eigenvalue weighted by atomic mass is 10.1. The van der Waals surface area contributed by atoms with E-state index in [1.165, 1.54) is 0 Å². The van der Waals surface area contributed by atoms with Gasteiger partial charge in [0.1, 0.15) is 5.82 Å². The van der Waals surface area contributed by atoms with Crippen LogP contribution in [0.3, 0.4) is 0 Å². The highest BCUT2D eigenvalue weighted by molar-refractivity contribution is 5.78. The molecule has 1 atom stereocenters. The van der Waals surface area contributed by atoms with Gasteiger partial charge in [0.25, 0.3) is 0 Å². The third kappa shape index (κ3) is 3.66. The molecule has 0 aliphatic carbocycles. The molecule has 0 aliphatic heterocycles. The Morgan fingerprint density at radius 1 is 1.69 bits per heavy atom. The largest absolute Gasteiger partial charge is 0.355 e. The number of nitrogens with zero attached hydrogens (tertiary/aromatic N) is 2. The van der Waals surface area contributed by atoms with Crippen LogP contribution in [0.15, 0.2) is 12.4 Å². The van der Waals surface area contributed by atoms with Gasteiger partial charge in [-0.05, 0) is 13.0 Å². The van der Waals surface area contributed by atoms with Gasteiger partial charge in [0.05, 0.1) is 0 Å². The van der Waals surface area contributed by atoms with E-state index >= 15 is 0 Å². The first kappa shape index (κ1) is 12.7. The molecule has 3 N–H and O–H groups in total. The van der Waals surface area contributed by atoms with Crippen LogP contribution in [0.25, 0.3) is 0 Å². The molecule has 0 radical (unpaired) electrons. The Morgan fingerprint density at radius 2 is 2.44 bits per heavy atom. The van der Waals surface area contributed by atoms with E-state index in [0.29, 0.717) is 13.1 Å². The van der Waals surface area contributed by atoms with E-state index < -0.39 is 0 Å². The Bertz CT molecular complexity index is 334. The predicted molar refractivity (Wildman–Crippen MR) is 62.8 cm³/mol. The number of amides is 1. The van der Waals surface area contributed by atoms with Crippen LogP contribution in [0.2, 0.25) is 0 Å². The van der Waals surface area contributed by atoms with Crippen molar-refractivity contribution in [2.75, 3.05) is 13.1 Å². The molecule has 1 aromatic heterocycles. The van der Waals surface area contributed by atoms with Crippen molar-refractivity contribution in [3.05, 3.63) is 18.2 Å². The molecule has 16 heavy (non-hydrogen) atoms. The molecular formula is C11H20N4O. The number of hydrogen-bond acceptors (Lipinski definition) is 3. The van der Waals surface area contributed by atoms with Crippen molar-refractivity contribution in [2.45, 2.75) is 19.8 Å². The molecule has 0 aliphatic rings. The number of nitrogens with one attached hydrogen (secondary N) is 1. The summed E-state index contributed by atoms with van der Waals surface area (Å²) >= 11 is 0. The summed E-state index contributed by atoms with van der Waals surface area (Å²) in [6, 6.07) is 0. The first-order valence-electron chi connectivity index (χ1n) is 5.59. The predicted octanol–water partition coefficient (Wildman–Crippen LogP) is 0.0637. The maximum absolute atomic E-state index is 11.6. The third-order valence-electron chi connectivity index (χ3n) is 2.62. The maximum atomic E-state index is 11.6. The highest BCUT2D eigenvalue weighted by atomic mass is 16.1. The highest BCUT2D eigenvalue weighted by Crippen LogP contribution is 2.00. The second-order valence-corrected chi connectivity index (χ2v) is 3.97. The minimum atomic E-state index is -0.00799. The van der Waals surface area contributed by atoms with E-state index in [2.05, 4.69) is 10.3 Å². The molecule has 0 saturated heterocycles. The number of carbonyl (C=O) groups is 1. The van der Waals surface area contributed by atoms with E-state index in [1.54, 1.807) is 6.20 Å². The van der Waals surface area contributed by atoms with Crippen LogP contribution in [0.5, 0.6) is 0 Å². The fourth-order valence-electron chi connectivity index (χ4n) is 1.49. The van der Waals surface area contributed by atoms with Crippen LogP contribution in [0.4, 0.5) is 0 Å². The van der Waals surface area contributed by atoms with E-state index in [-0.39, 0.29) is 11.8 Å². The summed E-state index contributed by atoms with van der Waals surface area (Å²) < 4.78 is 1.95. The van der Waals surface area contributed by atoms with Crippen LogP contribution in [0, 0.1) is 5.92 Å². The lowest BCUT2D eigenvalue weighted by Crippen LogP contribution is -2.32. The lowest BCUT2D eigenvalue weighted by Gasteiger charge is -2.10. The SMILES string of the molecule is CC(CCN)C(=O)NCCc1nccn1C. The Kier molecular flexibility index (Phi) is 4.98. The molecule has 1 rings (SSSR count). The van der Waals surface area contributed by atoms with Gasteiger partial charge in [-0.15, -0.1) is 0 Å². The number of imidazole rings is 1. The molecule has 0 spiro atoms. The van der Waals surface area contributed by atoms with Crippen molar-refractivity contribution in [1.82, 2.24) is 14.9 Å². The zero-order chi connectivity index (χ0) is 12.0. The molecule has 1 unspecified atom stereocenters. The molecule has 5 nitrogen and oxygen atoms in total. The molecule has 0 fully saturated rings. The minimum absolute atomic E-state index is 0.00799. The fraction of sp³-hybridized carbons (Fsp3) is 0.636. The number of hydrogen-bond donors (Lipinski definition) is 2. The third-order valence-corrected chi connectivity index (χ3v) is 2.62. The van der Waals surface area contributed by atoms with Crippen LogP contribution in [-0.2, 0) is 18.3 Å². The maximum Gasteiger partial charge on any atom is 0.222 e. The van der Waals surface area contributed by atoms with Crippen LogP contribution < -0.4 is 11.1 Å². The van der Waals surface area contributed by atoms with Crippen molar-refractivity contribution in [3.63, 3.8) is 0 Å². The Labute approximate surface area is 96.0 Å². The number of aryl methyl sites for hydroxylation is 1. The molecule has 0 bridgehead atoms. The van der Waals surface area contributed by atoms with Gasteiger partial charge in [-0.1, -0.05) is 6.92 Å². The average Bonchev–Trinajstić information content (AvgIpc) is 2.65. The van der Waals surface area contributed by atoms with Gasteiger partial charge in [0.15, 0.2) is 0 Å². The fourth-order valence-corrected chi connectivity index (χ4v) is 1.49. The first-order chi connectivity index (χ1) is 7.65. The summed E-state index contributed by atoms with van der Waals surface area (Å²) in [5.74, 6) is 1.04. The van der Waals surface area contributed by atoms with Crippen LogP contribution in [0.1, 0.15) is 19.2 Å². The second-order valence-electron chi connectivity index (χ2n) is 3.97. The molecule has 0 saturated carbocycles. The average molecular weight is 224 g/mol. The zero-order valence-corrected chi connectivity index (χ0v) is 9.94. The van der Waals surface area contributed by atoms with Crippen LogP contribution >= 0.6 is 0 Å². The molecule has 90 valence electrons. The van der Waals surface area contributed by atoms with Crippen molar-refractivity contribution < 1.29 is 4.79 Å². The molecular weight excluding hydrogens is 204 g/mol. The monoisotopic (exact) mass is 224 g/mol. The van der Waals surface area contributed by atoms with Gasteiger partial charge in [-0.3, -0.25) is 4.79 Å². The Balaban J connectivity index is 2.25. The number of aromatic nitrogens is 2. The summed E-state index contributed by atoms with van der Waals surface area (Å²) in [5.41, 5.74) is 5.40. The quantitative estimate of drug-likeness (QED) is 0.718. The van der Waals surface area contributed by atoms with E-state index in [0.717, 1.165) is 18.7 Å². The number of rotatable bonds is 6. The molecule has 1 amide bonds. The van der Waals surface area contributed by atoms with Gasteiger partial charge < -0.3 is 15.6 Å². The smallest absolute Gasteiger partial charge is 0.222 e. The van der Waals surface area contributed by atoms with Crippen LogP contribution in [-0.4, -0.2) is 28.5 Å². The van der Waals surface area contributed by atoms with Gasteiger partial charge >= 0.3 is 0 Å². The summed E-state index contributed by atoms with van der Waals surface area (Å²) in [6.45, 7) is 3.06. The topological polar surface area (TPSA) is 72.9 Å². The minimum Gasteiger partial charge on any atom is -0.355 e. The van der Waals surface area contributed by atoms with Gasteiger partial charge in [-0.2, -0.15) is 0 Å². The lowest BCUT2D eigenvalue weighted by molar-refractivity contribution is -0.124. The standard InChI is InChI=1S/C11H20N4O/c1-9(3-5-12)11(16)14-6-4-10-13-7-8-15(10)2/h7-9H,3-6,12H2,1-2H3,(H,14,16). The Hall–Kier alpha value is -1.36. The van der Waals surface area contributed by atoms with Crippen molar-refractivity contribution >= 4 is 5.91 Å². The molecule has 1 aromatic rings. The first-order valence-corrected chi connectivity index (χ1v) is 5.59. The summed E-state index contributed by atoms with van der Waals surface area (Å²) in [5, 5.41) is 2.88. The van der Waals surface area contributed by atoms with Gasteiger partial charge in [-0.25, -0.2) is 4.98 Å². The second kappa shape index (κ2) is 6.27. The van der Waals surface area contributed by atoms with E-state index in [1.807, 2.05) is 24.7 Å². The molecule has 5 heteroatoms. The summed E-state index contributed by atoms with van der Waals surface area (Å²) in [4.78, 5) is 15.7. The van der Waals surface area contributed by atoms with E-state index in [9.17, 15) is 4.79 Å². The Morgan fingerprint density at radius 3 is 3.00 bits per heavy atom. The molecule has 1 heterocycles. The number of nitrogens with two attached hydrogens (primary N) is 1. The van der Waals surface area contributed by atoms with Gasteiger partial charge in [0, 0.05) is 38.3 Å². The normalized spacial score (nSPS) is 12.4. The van der Waals surface area contributed by atoms with Crippen molar-refractivity contribution in [2.24, 2.45) is 18.7 Å². The van der Waals surface area contributed by atoms with E-state index in [4.69, 9.17) is 5.73 Å². The van der Waals surface area contributed by atoms with Gasteiger partial charge in [0.2, 0.25) is 5.91 Å². The highest BCUT2D eigenvalue weighted by Gasteiger charge is 2.11.